The Balaban J connectivity index is 1.87. The highest BCUT2D eigenvalue weighted by Gasteiger charge is 2.34. The van der Waals surface area contributed by atoms with Crippen molar-refractivity contribution in [2.45, 2.75) is 32.4 Å². The SMILES string of the molecule is Cc1cc(=O)cc(C(=O)N(Cc2ccncc2)C2CC2)o1. The Hall–Kier alpha value is -2.43. The summed E-state index contributed by atoms with van der Waals surface area (Å²) in [4.78, 5) is 29.9. The van der Waals surface area contributed by atoms with Gasteiger partial charge in [-0.2, -0.15) is 0 Å². The third-order valence-electron chi connectivity index (χ3n) is 3.45. The summed E-state index contributed by atoms with van der Waals surface area (Å²) in [6.45, 7) is 2.17. The van der Waals surface area contributed by atoms with Crippen LogP contribution in [0.15, 0.2) is 45.9 Å². The fraction of sp³-hybridized carbons (Fsp3) is 0.312. The van der Waals surface area contributed by atoms with Crippen LogP contribution in [0.2, 0.25) is 0 Å². The maximum absolute atomic E-state index is 12.6. The molecular formula is C16H16N2O3. The number of aryl methyl sites for hydroxylation is 1. The van der Waals surface area contributed by atoms with Gasteiger partial charge in [0.15, 0.2) is 11.2 Å². The van der Waals surface area contributed by atoms with Crippen LogP contribution in [0.1, 0.15) is 34.7 Å². The van der Waals surface area contributed by atoms with Crippen molar-refractivity contribution in [2.24, 2.45) is 0 Å². The van der Waals surface area contributed by atoms with Crippen LogP contribution in [0, 0.1) is 6.92 Å². The van der Waals surface area contributed by atoms with Crippen LogP contribution >= 0.6 is 0 Å². The molecule has 5 nitrogen and oxygen atoms in total. The molecule has 0 aromatic carbocycles. The molecule has 21 heavy (non-hydrogen) atoms. The first-order valence-corrected chi connectivity index (χ1v) is 6.95. The van der Waals surface area contributed by atoms with Crippen LogP contribution in [0.25, 0.3) is 0 Å². The summed E-state index contributed by atoms with van der Waals surface area (Å²) >= 11 is 0. The maximum Gasteiger partial charge on any atom is 0.290 e. The van der Waals surface area contributed by atoms with Crippen molar-refractivity contribution >= 4 is 5.91 Å². The number of rotatable bonds is 4. The topological polar surface area (TPSA) is 63.4 Å². The highest BCUT2D eigenvalue weighted by Crippen LogP contribution is 2.29. The monoisotopic (exact) mass is 284 g/mol. The van der Waals surface area contributed by atoms with Gasteiger partial charge in [0.05, 0.1) is 0 Å². The van der Waals surface area contributed by atoms with Gasteiger partial charge in [-0.25, -0.2) is 0 Å². The van der Waals surface area contributed by atoms with Gasteiger partial charge in [-0.05, 0) is 37.5 Å². The molecule has 1 fully saturated rings. The van der Waals surface area contributed by atoms with E-state index in [1.807, 2.05) is 12.1 Å². The van der Waals surface area contributed by atoms with Crippen molar-refractivity contribution in [1.82, 2.24) is 9.88 Å². The lowest BCUT2D eigenvalue weighted by Crippen LogP contribution is -2.33. The summed E-state index contributed by atoms with van der Waals surface area (Å²) in [5.74, 6) is 0.335. The van der Waals surface area contributed by atoms with Gasteiger partial charge in [-0.15, -0.1) is 0 Å². The van der Waals surface area contributed by atoms with E-state index in [9.17, 15) is 9.59 Å². The van der Waals surface area contributed by atoms with E-state index < -0.39 is 0 Å². The predicted molar refractivity (Wildman–Crippen MR) is 76.8 cm³/mol. The van der Waals surface area contributed by atoms with Crippen LogP contribution < -0.4 is 5.43 Å². The molecule has 0 spiro atoms. The van der Waals surface area contributed by atoms with Gasteiger partial charge in [0.1, 0.15) is 5.76 Å². The molecule has 0 radical (unpaired) electrons. The minimum Gasteiger partial charge on any atom is -0.456 e. The van der Waals surface area contributed by atoms with Crippen LogP contribution in [0.3, 0.4) is 0 Å². The van der Waals surface area contributed by atoms with E-state index in [0.29, 0.717) is 12.3 Å². The van der Waals surface area contributed by atoms with Crippen molar-refractivity contribution in [3.05, 3.63) is 64.0 Å². The van der Waals surface area contributed by atoms with Crippen LogP contribution in [-0.2, 0) is 6.54 Å². The molecule has 0 unspecified atom stereocenters. The Kier molecular flexibility index (Phi) is 3.56. The van der Waals surface area contributed by atoms with E-state index in [-0.39, 0.29) is 23.1 Å². The van der Waals surface area contributed by atoms with Gasteiger partial charge in [-0.3, -0.25) is 14.6 Å². The minimum atomic E-state index is -0.227. The summed E-state index contributed by atoms with van der Waals surface area (Å²) in [6.07, 6.45) is 5.40. The number of amides is 1. The Bertz CT molecular complexity index is 705. The van der Waals surface area contributed by atoms with Crippen molar-refractivity contribution in [2.75, 3.05) is 0 Å². The third kappa shape index (κ3) is 3.18. The molecular weight excluding hydrogens is 268 g/mol. The lowest BCUT2D eigenvalue weighted by Gasteiger charge is -2.21. The molecule has 1 aliphatic carbocycles. The minimum absolute atomic E-state index is 0.112. The van der Waals surface area contributed by atoms with Crippen LogP contribution in [-0.4, -0.2) is 21.8 Å². The first-order chi connectivity index (χ1) is 10.1. The zero-order valence-electron chi connectivity index (χ0n) is 11.8. The van der Waals surface area contributed by atoms with Crippen molar-refractivity contribution < 1.29 is 9.21 Å². The molecule has 0 saturated heterocycles. The van der Waals surface area contributed by atoms with E-state index in [2.05, 4.69) is 4.98 Å². The molecule has 2 heterocycles. The predicted octanol–water partition coefficient (Wildman–Crippen LogP) is 2.15. The second kappa shape index (κ2) is 5.52. The third-order valence-corrected chi connectivity index (χ3v) is 3.45. The Morgan fingerprint density at radius 3 is 2.67 bits per heavy atom. The molecule has 1 aliphatic rings. The van der Waals surface area contributed by atoms with E-state index in [0.717, 1.165) is 18.4 Å². The molecule has 0 N–H and O–H groups in total. The fourth-order valence-corrected chi connectivity index (χ4v) is 2.29. The van der Waals surface area contributed by atoms with E-state index in [1.165, 1.54) is 12.1 Å². The molecule has 1 saturated carbocycles. The zero-order valence-corrected chi connectivity index (χ0v) is 11.8. The van der Waals surface area contributed by atoms with Gasteiger partial charge in [0, 0.05) is 37.1 Å². The molecule has 108 valence electrons. The second-order valence-corrected chi connectivity index (χ2v) is 5.29. The number of pyridine rings is 1. The zero-order chi connectivity index (χ0) is 14.8. The van der Waals surface area contributed by atoms with Gasteiger partial charge < -0.3 is 9.32 Å². The summed E-state index contributed by atoms with van der Waals surface area (Å²) in [5.41, 5.74) is 0.807. The number of nitrogens with zero attached hydrogens (tertiary/aromatic N) is 2. The van der Waals surface area contributed by atoms with Crippen LogP contribution in [0.4, 0.5) is 0 Å². The number of hydrogen-bond acceptors (Lipinski definition) is 4. The number of carbonyl (C=O) groups excluding carboxylic acids is 1. The largest absolute Gasteiger partial charge is 0.456 e. The molecule has 0 aliphatic heterocycles. The molecule has 2 aromatic heterocycles. The summed E-state index contributed by atoms with van der Waals surface area (Å²) < 4.78 is 5.41. The molecule has 5 heteroatoms. The van der Waals surface area contributed by atoms with Gasteiger partial charge in [0.25, 0.3) is 5.91 Å². The highest BCUT2D eigenvalue weighted by molar-refractivity contribution is 5.91. The van der Waals surface area contributed by atoms with Crippen molar-refractivity contribution in [3.63, 3.8) is 0 Å². The number of hydrogen-bond donors (Lipinski definition) is 0. The van der Waals surface area contributed by atoms with E-state index in [1.54, 1.807) is 24.2 Å². The van der Waals surface area contributed by atoms with E-state index >= 15 is 0 Å². The smallest absolute Gasteiger partial charge is 0.290 e. The average Bonchev–Trinajstić information content (AvgIpc) is 3.29. The molecule has 1 amide bonds. The van der Waals surface area contributed by atoms with Gasteiger partial charge >= 0.3 is 0 Å². The number of carbonyl (C=O) groups is 1. The van der Waals surface area contributed by atoms with Crippen molar-refractivity contribution in [1.29, 1.82) is 0 Å². The van der Waals surface area contributed by atoms with Crippen molar-refractivity contribution in [3.8, 4) is 0 Å². The summed E-state index contributed by atoms with van der Waals surface area (Å²) in [5, 5.41) is 0. The fourth-order valence-electron chi connectivity index (χ4n) is 2.29. The summed E-state index contributed by atoms with van der Waals surface area (Å²) in [6, 6.07) is 6.64. The lowest BCUT2D eigenvalue weighted by atomic mass is 10.2. The number of aromatic nitrogens is 1. The first-order valence-electron chi connectivity index (χ1n) is 6.95. The first kappa shape index (κ1) is 13.5. The quantitative estimate of drug-likeness (QED) is 0.863. The molecule has 2 aromatic rings. The molecule has 0 atom stereocenters. The Morgan fingerprint density at radius 2 is 2.05 bits per heavy atom. The standard InChI is InChI=1S/C16H16N2O3/c1-11-8-14(19)9-15(21-11)16(20)18(13-2-3-13)10-12-4-6-17-7-5-12/h4-9,13H,2-3,10H2,1H3. The summed E-state index contributed by atoms with van der Waals surface area (Å²) in [7, 11) is 0. The Labute approximate surface area is 122 Å². The van der Waals surface area contributed by atoms with Gasteiger partial charge in [-0.1, -0.05) is 0 Å². The normalized spacial score (nSPS) is 14.0. The highest BCUT2D eigenvalue weighted by atomic mass is 16.3. The second-order valence-electron chi connectivity index (χ2n) is 5.29. The van der Waals surface area contributed by atoms with E-state index in [4.69, 9.17) is 4.42 Å². The lowest BCUT2D eigenvalue weighted by molar-refractivity contribution is 0.0692. The maximum atomic E-state index is 12.6. The molecule has 3 rings (SSSR count). The van der Waals surface area contributed by atoms with Crippen LogP contribution in [0.5, 0.6) is 0 Å². The average molecular weight is 284 g/mol. The Morgan fingerprint density at radius 1 is 1.33 bits per heavy atom. The van der Waals surface area contributed by atoms with Gasteiger partial charge in [0.2, 0.25) is 0 Å². The molecule has 0 bridgehead atoms.